The van der Waals surface area contributed by atoms with Crippen LogP contribution in [0.15, 0.2) is 72.9 Å². The molecule has 27 heavy (non-hydrogen) atoms. The lowest BCUT2D eigenvalue weighted by Crippen LogP contribution is -2.14. The number of carbonyl (C=O) groups is 1. The summed E-state index contributed by atoms with van der Waals surface area (Å²) >= 11 is 0. The molecule has 1 N–H and O–H groups in total. The average molecular weight is 370 g/mol. The zero-order chi connectivity index (χ0) is 19.1. The second-order valence-corrected chi connectivity index (χ2v) is 5.49. The number of carbonyl (C=O) groups excluding carboxylic acids is 1. The Kier molecular flexibility index (Phi) is 5.94. The third-order valence-electron chi connectivity index (χ3n) is 3.58. The maximum Gasteiger partial charge on any atom is 0.387 e. The number of pyridine rings is 1. The Hall–Kier alpha value is -3.48. The van der Waals surface area contributed by atoms with Gasteiger partial charge in [0.2, 0.25) is 5.88 Å². The van der Waals surface area contributed by atoms with Crippen molar-refractivity contribution in [3.63, 3.8) is 0 Å². The van der Waals surface area contributed by atoms with Gasteiger partial charge in [0.1, 0.15) is 12.4 Å². The van der Waals surface area contributed by atoms with E-state index in [9.17, 15) is 13.6 Å². The van der Waals surface area contributed by atoms with Gasteiger partial charge in [0.25, 0.3) is 5.91 Å². The van der Waals surface area contributed by atoms with Crippen LogP contribution in [0.3, 0.4) is 0 Å². The van der Waals surface area contributed by atoms with E-state index in [1.165, 1.54) is 36.5 Å². The number of hydrogen-bond acceptors (Lipinski definition) is 4. The molecule has 5 nitrogen and oxygen atoms in total. The molecule has 0 saturated carbocycles. The Morgan fingerprint density at radius 3 is 2.56 bits per heavy atom. The predicted molar refractivity (Wildman–Crippen MR) is 96.0 cm³/mol. The van der Waals surface area contributed by atoms with Gasteiger partial charge in [0.05, 0.1) is 5.69 Å². The Morgan fingerprint density at radius 1 is 1.04 bits per heavy atom. The molecule has 0 spiro atoms. The summed E-state index contributed by atoms with van der Waals surface area (Å²) in [4.78, 5) is 16.5. The third kappa shape index (κ3) is 5.24. The maximum absolute atomic E-state index is 12.5. The van der Waals surface area contributed by atoms with Crippen molar-refractivity contribution in [2.24, 2.45) is 0 Å². The van der Waals surface area contributed by atoms with E-state index in [4.69, 9.17) is 4.74 Å². The fraction of sp³-hybridized carbons (Fsp3) is 0.100. The lowest BCUT2D eigenvalue weighted by Gasteiger charge is -2.12. The van der Waals surface area contributed by atoms with Crippen LogP contribution in [-0.2, 0) is 6.61 Å². The van der Waals surface area contributed by atoms with Gasteiger partial charge in [-0.3, -0.25) is 4.79 Å². The van der Waals surface area contributed by atoms with Gasteiger partial charge in [-0.1, -0.05) is 42.5 Å². The summed E-state index contributed by atoms with van der Waals surface area (Å²) in [6.45, 7) is -2.67. The van der Waals surface area contributed by atoms with Crippen molar-refractivity contribution in [3.8, 4) is 11.6 Å². The topological polar surface area (TPSA) is 60.5 Å². The van der Waals surface area contributed by atoms with Crippen LogP contribution in [0.5, 0.6) is 11.6 Å². The van der Waals surface area contributed by atoms with Crippen LogP contribution < -0.4 is 14.8 Å². The number of benzene rings is 2. The van der Waals surface area contributed by atoms with Crippen molar-refractivity contribution in [2.75, 3.05) is 5.32 Å². The van der Waals surface area contributed by atoms with Crippen molar-refractivity contribution in [2.45, 2.75) is 13.2 Å². The minimum Gasteiger partial charge on any atom is -0.473 e. The van der Waals surface area contributed by atoms with E-state index in [2.05, 4.69) is 15.0 Å². The fourth-order valence-corrected chi connectivity index (χ4v) is 2.32. The van der Waals surface area contributed by atoms with Crippen LogP contribution in [0.2, 0.25) is 0 Å². The molecule has 0 atom stereocenters. The van der Waals surface area contributed by atoms with Crippen LogP contribution in [-0.4, -0.2) is 17.5 Å². The first-order chi connectivity index (χ1) is 13.1. The molecule has 0 saturated heterocycles. The molecule has 0 unspecified atom stereocenters. The van der Waals surface area contributed by atoms with Crippen molar-refractivity contribution in [1.29, 1.82) is 0 Å². The summed E-state index contributed by atoms with van der Waals surface area (Å²) in [5.74, 6) is -0.327. The number of nitrogens with one attached hydrogen (secondary N) is 1. The first-order valence-electron chi connectivity index (χ1n) is 8.10. The van der Waals surface area contributed by atoms with Crippen LogP contribution in [0.25, 0.3) is 0 Å². The molecule has 0 fully saturated rings. The summed E-state index contributed by atoms with van der Waals surface area (Å²) < 4.78 is 35.0. The molecule has 3 rings (SSSR count). The molecule has 0 aliphatic heterocycles. The monoisotopic (exact) mass is 370 g/mol. The lowest BCUT2D eigenvalue weighted by atomic mass is 10.2. The van der Waals surface area contributed by atoms with Gasteiger partial charge in [0.15, 0.2) is 0 Å². The number of rotatable bonds is 7. The molecule has 138 valence electrons. The zero-order valence-corrected chi connectivity index (χ0v) is 14.1. The molecular formula is C20H16F2N2O3. The van der Waals surface area contributed by atoms with Crippen LogP contribution in [0, 0.1) is 0 Å². The number of ether oxygens (including phenoxy) is 2. The Balaban J connectivity index is 1.69. The minimum absolute atomic E-state index is 0.115. The average Bonchev–Trinajstić information content (AvgIpc) is 2.68. The number of aromatic nitrogens is 1. The van der Waals surface area contributed by atoms with E-state index < -0.39 is 12.5 Å². The Labute approximate surface area is 154 Å². The number of nitrogens with zero attached hydrogens (tertiary/aromatic N) is 1. The third-order valence-corrected chi connectivity index (χ3v) is 3.58. The van der Waals surface area contributed by atoms with E-state index in [0.29, 0.717) is 6.61 Å². The van der Waals surface area contributed by atoms with Gasteiger partial charge in [-0.2, -0.15) is 8.78 Å². The van der Waals surface area contributed by atoms with Gasteiger partial charge in [-0.05, 0) is 23.8 Å². The van der Waals surface area contributed by atoms with Crippen molar-refractivity contribution < 1.29 is 23.0 Å². The molecule has 1 heterocycles. The van der Waals surface area contributed by atoms with Gasteiger partial charge < -0.3 is 14.8 Å². The van der Waals surface area contributed by atoms with Gasteiger partial charge >= 0.3 is 6.61 Å². The largest absolute Gasteiger partial charge is 0.473 e. The van der Waals surface area contributed by atoms with E-state index in [-0.39, 0.29) is 22.9 Å². The van der Waals surface area contributed by atoms with E-state index >= 15 is 0 Å². The first-order valence-corrected chi connectivity index (χ1v) is 8.10. The standard InChI is InChI=1S/C20H16F2N2O3/c21-20(22)27-17-9-5-4-8-16(17)24-19(25)15-10-11-23-18(12-15)26-13-14-6-2-1-3-7-14/h1-12,20H,13H2,(H,24,25). The van der Waals surface area contributed by atoms with Crippen LogP contribution >= 0.6 is 0 Å². The second-order valence-electron chi connectivity index (χ2n) is 5.49. The zero-order valence-electron chi connectivity index (χ0n) is 14.1. The first kappa shape index (κ1) is 18.3. The molecule has 3 aromatic rings. The molecular weight excluding hydrogens is 354 g/mol. The molecule has 0 radical (unpaired) electrons. The SMILES string of the molecule is O=C(Nc1ccccc1OC(F)F)c1ccnc(OCc2ccccc2)c1. The second kappa shape index (κ2) is 8.75. The number of halogens is 2. The fourth-order valence-electron chi connectivity index (χ4n) is 2.32. The highest BCUT2D eigenvalue weighted by Crippen LogP contribution is 2.26. The number of para-hydroxylation sites is 2. The normalized spacial score (nSPS) is 10.5. The van der Waals surface area contributed by atoms with E-state index in [1.54, 1.807) is 6.07 Å². The number of alkyl halides is 2. The molecule has 1 amide bonds. The molecule has 0 bridgehead atoms. The van der Waals surface area contributed by atoms with Crippen LogP contribution in [0.1, 0.15) is 15.9 Å². The highest BCUT2D eigenvalue weighted by Gasteiger charge is 2.13. The summed E-state index contributed by atoms with van der Waals surface area (Å²) in [5, 5.41) is 2.55. The quantitative estimate of drug-likeness (QED) is 0.665. The molecule has 0 aliphatic rings. The van der Waals surface area contributed by atoms with E-state index in [1.807, 2.05) is 30.3 Å². The van der Waals surface area contributed by atoms with Crippen LogP contribution in [0.4, 0.5) is 14.5 Å². The van der Waals surface area contributed by atoms with E-state index in [0.717, 1.165) is 5.56 Å². The smallest absolute Gasteiger partial charge is 0.387 e. The summed E-state index contributed by atoms with van der Waals surface area (Å²) in [7, 11) is 0. The molecule has 2 aromatic carbocycles. The Morgan fingerprint density at radius 2 is 1.78 bits per heavy atom. The number of amides is 1. The van der Waals surface area contributed by atoms with Crippen molar-refractivity contribution in [1.82, 2.24) is 4.98 Å². The van der Waals surface area contributed by atoms with Crippen molar-refractivity contribution in [3.05, 3.63) is 84.1 Å². The molecule has 7 heteroatoms. The Bertz CT molecular complexity index is 904. The van der Waals surface area contributed by atoms with Crippen molar-refractivity contribution >= 4 is 11.6 Å². The summed E-state index contributed by atoms with van der Waals surface area (Å²) in [5.41, 5.74) is 1.39. The van der Waals surface area contributed by atoms with Gasteiger partial charge in [-0.15, -0.1) is 0 Å². The predicted octanol–water partition coefficient (Wildman–Crippen LogP) is 4.51. The highest BCUT2D eigenvalue weighted by atomic mass is 19.3. The summed E-state index contributed by atoms with van der Waals surface area (Å²) in [6, 6.07) is 18.5. The van der Waals surface area contributed by atoms with Gasteiger partial charge in [0, 0.05) is 17.8 Å². The summed E-state index contributed by atoms with van der Waals surface area (Å²) in [6.07, 6.45) is 1.44. The lowest BCUT2D eigenvalue weighted by molar-refractivity contribution is -0.0493. The highest BCUT2D eigenvalue weighted by molar-refractivity contribution is 6.05. The minimum atomic E-state index is -2.98. The molecule has 1 aromatic heterocycles. The number of hydrogen-bond donors (Lipinski definition) is 1. The molecule has 0 aliphatic carbocycles. The number of anilines is 1. The maximum atomic E-state index is 12.5. The van der Waals surface area contributed by atoms with Gasteiger partial charge in [-0.25, -0.2) is 4.98 Å².